The van der Waals surface area contributed by atoms with Crippen LogP contribution in [0, 0.1) is 0 Å². The third-order valence-electron chi connectivity index (χ3n) is 2.50. The highest BCUT2D eigenvalue weighted by Gasteiger charge is 2.02. The van der Waals surface area contributed by atoms with E-state index in [2.05, 4.69) is 25.8 Å². The molecule has 0 unspecified atom stereocenters. The van der Waals surface area contributed by atoms with E-state index in [1.807, 2.05) is 6.92 Å². The van der Waals surface area contributed by atoms with Crippen LogP contribution in [0.25, 0.3) is 0 Å². The number of ether oxygens (including phenoxy) is 2. The van der Waals surface area contributed by atoms with Crippen molar-refractivity contribution in [1.29, 1.82) is 0 Å². The first-order chi connectivity index (χ1) is 7.57. The van der Waals surface area contributed by atoms with Crippen LogP contribution in [-0.4, -0.2) is 56.7 Å². The average molecular weight is 231 g/mol. The van der Waals surface area contributed by atoms with Gasteiger partial charge in [-0.2, -0.15) is 0 Å². The van der Waals surface area contributed by atoms with Crippen LogP contribution in [-0.2, 0) is 14.3 Å². The SMILES string of the molecule is CCC(=O)COCCOCCN(C)C(C)C. The van der Waals surface area contributed by atoms with Gasteiger partial charge in [0, 0.05) is 19.0 Å². The quantitative estimate of drug-likeness (QED) is 0.532. The average Bonchev–Trinajstić information content (AvgIpc) is 2.26. The zero-order valence-electron chi connectivity index (χ0n) is 11.0. The molecule has 0 aromatic carbocycles. The van der Waals surface area contributed by atoms with Crippen LogP contribution in [0.1, 0.15) is 27.2 Å². The fraction of sp³-hybridized carbons (Fsp3) is 0.917. The lowest BCUT2D eigenvalue weighted by Gasteiger charge is -2.20. The van der Waals surface area contributed by atoms with Crippen LogP contribution >= 0.6 is 0 Å². The minimum Gasteiger partial charge on any atom is -0.378 e. The predicted octanol–water partition coefficient (Wildman–Crippen LogP) is 1.34. The molecule has 0 atom stereocenters. The van der Waals surface area contributed by atoms with Gasteiger partial charge < -0.3 is 14.4 Å². The lowest BCUT2D eigenvalue weighted by atomic mass is 10.3. The number of likely N-dealkylation sites (N-methyl/N-ethyl adjacent to an activating group) is 1. The summed E-state index contributed by atoms with van der Waals surface area (Å²) < 4.78 is 10.5. The minimum absolute atomic E-state index is 0.138. The van der Waals surface area contributed by atoms with Crippen molar-refractivity contribution in [1.82, 2.24) is 4.90 Å². The second-order valence-electron chi connectivity index (χ2n) is 4.13. The molecule has 0 aromatic rings. The Morgan fingerprint density at radius 1 is 1.19 bits per heavy atom. The highest BCUT2D eigenvalue weighted by Crippen LogP contribution is 1.92. The first-order valence-electron chi connectivity index (χ1n) is 5.95. The van der Waals surface area contributed by atoms with Gasteiger partial charge in [0.15, 0.2) is 5.78 Å². The van der Waals surface area contributed by atoms with Gasteiger partial charge in [0.1, 0.15) is 6.61 Å². The van der Waals surface area contributed by atoms with Crippen LogP contribution in [0.5, 0.6) is 0 Å². The third kappa shape index (κ3) is 8.83. The number of carbonyl (C=O) groups excluding carboxylic acids is 1. The van der Waals surface area contributed by atoms with E-state index in [4.69, 9.17) is 9.47 Å². The normalized spacial score (nSPS) is 11.4. The predicted molar refractivity (Wildman–Crippen MR) is 64.7 cm³/mol. The number of hydrogen-bond acceptors (Lipinski definition) is 4. The van der Waals surface area contributed by atoms with Crippen molar-refractivity contribution in [3.63, 3.8) is 0 Å². The molecule has 4 heteroatoms. The highest BCUT2D eigenvalue weighted by atomic mass is 16.5. The highest BCUT2D eigenvalue weighted by molar-refractivity contribution is 5.79. The number of nitrogens with zero attached hydrogens (tertiary/aromatic N) is 1. The Morgan fingerprint density at radius 2 is 1.81 bits per heavy atom. The summed E-state index contributed by atoms with van der Waals surface area (Å²) in [6.45, 7) is 9.04. The Labute approximate surface area is 98.9 Å². The molecular weight excluding hydrogens is 206 g/mol. The first-order valence-corrected chi connectivity index (χ1v) is 5.95. The lowest BCUT2D eigenvalue weighted by Crippen LogP contribution is -2.30. The van der Waals surface area contributed by atoms with Gasteiger partial charge in [-0.25, -0.2) is 0 Å². The van der Waals surface area contributed by atoms with E-state index in [0.717, 1.165) is 6.54 Å². The molecule has 0 rings (SSSR count). The molecule has 0 fully saturated rings. The van der Waals surface area contributed by atoms with Gasteiger partial charge in [-0.05, 0) is 20.9 Å². The fourth-order valence-corrected chi connectivity index (χ4v) is 0.975. The largest absolute Gasteiger partial charge is 0.378 e. The molecule has 0 spiro atoms. The molecule has 0 aromatic heterocycles. The number of carbonyl (C=O) groups is 1. The topological polar surface area (TPSA) is 38.8 Å². The standard InChI is InChI=1S/C12H25NO3/c1-5-12(14)10-16-9-8-15-7-6-13(4)11(2)3/h11H,5-10H2,1-4H3. The number of rotatable bonds is 10. The van der Waals surface area contributed by atoms with Crippen LogP contribution in [0.2, 0.25) is 0 Å². The van der Waals surface area contributed by atoms with Gasteiger partial charge >= 0.3 is 0 Å². The molecule has 0 saturated heterocycles. The second-order valence-corrected chi connectivity index (χ2v) is 4.13. The number of ketones is 1. The first kappa shape index (κ1) is 15.6. The van der Waals surface area contributed by atoms with Crippen molar-refractivity contribution in [3.05, 3.63) is 0 Å². The Bertz CT molecular complexity index is 183. The fourth-order valence-electron chi connectivity index (χ4n) is 0.975. The van der Waals surface area contributed by atoms with E-state index in [0.29, 0.717) is 32.3 Å². The summed E-state index contributed by atoms with van der Waals surface area (Å²) in [6.07, 6.45) is 0.542. The molecule has 0 aliphatic heterocycles. The zero-order chi connectivity index (χ0) is 12.4. The zero-order valence-corrected chi connectivity index (χ0v) is 11.0. The van der Waals surface area contributed by atoms with E-state index in [1.165, 1.54) is 0 Å². The third-order valence-corrected chi connectivity index (χ3v) is 2.50. The summed E-state index contributed by atoms with van der Waals surface area (Å²) in [4.78, 5) is 13.1. The van der Waals surface area contributed by atoms with Crippen LogP contribution in [0.4, 0.5) is 0 Å². The summed E-state index contributed by atoms with van der Waals surface area (Å²) in [5.74, 6) is 0.138. The molecule has 0 radical (unpaired) electrons. The van der Waals surface area contributed by atoms with E-state index in [9.17, 15) is 4.79 Å². The summed E-state index contributed by atoms with van der Waals surface area (Å²) in [5.41, 5.74) is 0. The molecular formula is C12H25NO3. The summed E-state index contributed by atoms with van der Waals surface area (Å²) in [6, 6.07) is 0.544. The summed E-state index contributed by atoms with van der Waals surface area (Å²) >= 11 is 0. The van der Waals surface area contributed by atoms with E-state index in [1.54, 1.807) is 0 Å². The van der Waals surface area contributed by atoms with Crippen molar-refractivity contribution in [2.24, 2.45) is 0 Å². The van der Waals surface area contributed by atoms with Gasteiger partial charge in [-0.1, -0.05) is 6.92 Å². The number of hydrogen-bond donors (Lipinski definition) is 0. The molecule has 0 heterocycles. The maximum atomic E-state index is 10.9. The van der Waals surface area contributed by atoms with Gasteiger partial charge in [0.25, 0.3) is 0 Å². The monoisotopic (exact) mass is 231 g/mol. The molecule has 96 valence electrons. The maximum Gasteiger partial charge on any atom is 0.158 e. The van der Waals surface area contributed by atoms with E-state index in [-0.39, 0.29) is 12.4 Å². The summed E-state index contributed by atoms with van der Waals surface area (Å²) in [7, 11) is 2.07. The van der Waals surface area contributed by atoms with Gasteiger partial charge in [-0.15, -0.1) is 0 Å². The molecule has 0 amide bonds. The van der Waals surface area contributed by atoms with Crippen molar-refractivity contribution in [2.45, 2.75) is 33.2 Å². The Morgan fingerprint density at radius 3 is 2.38 bits per heavy atom. The smallest absolute Gasteiger partial charge is 0.158 e. The Kier molecular flexibility index (Phi) is 9.48. The summed E-state index contributed by atoms with van der Waals surface area (Å²) in [5, 5.41) is 0. The van der Waals surface area contributed by atoms with Gasteiger partial charge in [-0.3, -0.25) is 4.79 Å². The Hall–Kier alpha value is -0.450. The molecule has 0 aliphatic carbocycles. The molecule has 4 nitrogen and oxygen atoms in total. The molecule has 0 saturated carbocycles. The molecule has 0 N–H and O–H groups in total. The van der Waals surface area contributed by atoms with E-state index < -0.39 is 0 Å². The minimum atomic E-state index is 0.138. The second kappa shape index (κ2) is 9.75. The van der Waals surface area contributed by atoms with Crippen molar-refractivity contribution in [2.75, 3.05) is 40.0 Å². The molecule has 16 heavy (non-hydrogen) atoms. The number of Topliss-reactive ketones (excluding diaryl/α,β-unsaturated/α-hetero) is 1. The molecule has 0 aliphatic rings. The van der Waals surface area contributed by atoms with E-state index >= 15 is 0 Å². The van der Waals surface area contributed by atoms with Gasteiger partial charge in [0.05, 0.1) is 19.8 Å². The van der Waals surface area contributed by atoms with Crippen molar-refractivity contribution in [3.8, 4) is 0 Å². The van der Waals surface area contributed by atoms with Crippen molar-refractivity contribution < 1.29 is 14.3 Å². The Balaban J connectivity index is 3.19. The van der Waals surface area contributed by atoms with Crippen LogP contribution in [0.3, 0.4) is 0 Å². The van der Waals surface area contributed by atoms with Crippen LogP contribution in [0.15, 0.2) is 0 Å². The van der Waals surface area contributed by atoms with Gasteiger partial charge in [0.2, 0.25) is 0 Å². The van der Waals surface area contributed by atoms with Crippen LogP contribution < -0.4 is 0 Å². The molecule has 0 bridgehead atoms. The van der Waals surface area contributed by atoms with Crippen molar-refractivity contribution >= 4 is 5.78 Å². The maximum absolute atomic E-state index is 10.9. The lowest BCUT2D eigenvalue weighted by molar-refractivity contribution is -0.123.